The molecule has 0 fully saturated rings. The van der Waals surface area contributed by atoms with Crippen LogP contribution < -0.4 is 10.1 Å². The van der Waals surface area contributed by atoms with E-state index in [0.29, 0.717) is 23.8 Å². The summed E-state index contributed by atoms with van der Waals surface area (Å²) in [5.41, 5.74) is 2.61. The Hall–Kier alpha value is -2.62. The maximum Gasteiger partial charge on any atom is 0.343 e. The Morgan fingerprint density at radius 1 is 1.00 bits per heavy atom. The van der Waals surface area contributed by atoms with E-state index in [1.54, 1.807) is 36.4 Å². The predicted octanol–water partition coefficient (Wildman–Crippen LogP) is 3.67. The van der Waals surface area contributed by atoms with Gasteiger partial charge in [-0.25, -0.2) is 4.79 Å². The van der Waals surface area contributed by atoms with Gasteiger partial charge in [-0.2, -0.15) is 0 Å². The number of carbonyl (C=O) groups excluding carboxylic acids is 2. The van der Waals surface area contributed by atoms with E-state index in [1.165, 1.54) is 12.5 Å². The lowest BCUT2D eigenvalue weighted by Crippen LogP contribution is -2.18. The molecule has 0 saturated heterocycles. The molecule has 4 nitrogen and oxygen atoms in total. The van der Waals surface area contributed by atoms with Crippen LogP contribution in [0.1, 0.15) is 48.2 Å². The Kier molecular flexibility index (Phi) is 5.52. The average molecular weight is 311 g/mol. The normalized spacial score (nSPS) is 10.4. The van der Waals surface area contributed by atoms with E-state index in [4.69, 9.17) is 4.74 Å². The molecule has 120 valence electrons. The zero-order valence-electron chi connectivity index (χ0n) is 13.6. The van der Waals surface area contributed by atoms with Gasteiger partial charge in [0.05, 0.1) is 5.56 Å². The molecule has 1 N–H and O–H groups in total. The van der Waals surface area contributed by atoms with Crippen molar-refractivity contribution in [3.05, 3.63) is 65.2 Å². The first-order valence-electron chi connectivity index (χ1n) is 7.61. The number of hydrogen-bond donors (Lipinski definition) is 1. The van der Waals surface area contributed by atoms with E-state index >= 15 is 0 Å². The topological polar surface area (TPSA) is 55.4 Å². The van der Waals surface area contributed by atoms with E-state index in [9.17, 15) is 9.59 Å². The fourth-order valence-corrected chi connectivity index (χ4v) is 2.07. The summed E-state index contributed by atoms with van der Waals surface area (Å²) in [6, 6.07) is 14.5. The number of rotatable bonds is 5. The fourth-order valence-electron chi connectivity index (χ4n) is 2.07. The zero-order valence-corrected chi connectivity index (χ0v) is 13.6. The molecule has 0 bridgehead atoms. The van der Waals surface area contributed by atoms with Crippen molar-refractivity contribution in [3.63, 3.8) is 0 Å². The van der Waals surface area contributed by atoms with Gasteiger partial charge in [-0.05, 0) is 41.3 Å². The molecule has 1 amide bonds. The Labute approximate surface area is 136 Å². The molecule has 0 radical (unpaired) electrons. The van der Waals surface area contributed by atoms with Crippen molar-refractivity contribution in [1.82, 2.24) is 5.32 Å². The standard InChI is InChI=1S/C19H21NO3/c1-13(2)16-8-10-18(11-9-16)23-19(22)17-6-4-15(5-7-17)12-20-14(3)21/h4-11,13H,12H2,1-3H3,(H,20,21). The monoisotopic (exact) mass is 311 g/mol. The highest BCUT2D eigenvalue weighted by Gasteiger charge is 2.09. The van der Waals surface area contributed by atoms with Crippen molar-refractivity contribution in [1.29, 1.82) is 0 Å². The van der Waals surface area contributed by atoms with E-state index in [1.807, 2.05) is 12.1 Å². The largest absolute Gasteiger partial charge is 0.423 e. The number of amides is 1. The second-order valence-electron chi connectivity index (χ2n) is 5.72. The third-order valence-corrected chi connectivity index (χ3v) is 3.49. The number of carbonyl (C=O) groups is 2. The minimum absolute atomic E-state index is 0.0849. The third-order valence-electron chi connectivity index (χ3n) is 3.49. The molecule has 23 heavy (non-hydrogen) atoms. The summed E-state index contributed by atoms with van der Waals surface area (Å²) in [5.74, 6) is 0.490. The highest BCUT2D eigenvalue weighted by atomic mass is 16.5. The zero-order chi connectivity index (χ0) is 16.8. The van der Waals surface area contributed by atoms with Crippen LogP contribution in [-0.4, -0.2) is 11.9 Å². The van der Waals surface area contributed by atoms with Gasteiger partial charge in [-0.3, -0.25) is 4.79 Å². The summed E-state index contributed by atoms with van der Waals surface area (Å²) < 4.78 is 5.36. The van der Waals surface area contributed by atoms with Crippen LogP contribution in [0, 0.1) is 0 Å². The van der Waals surface area contributed by atoms with E-state index in [0.717, 1.165) is 5.56 Å². The summed E-state index contributed by atoms with van der Waals surface area (Å²) >= 11 is 0. The molecular weight excluding hydrogens is 290 g/mol. The fraction of sp³-hybridized carbons (Fsp3) is 0.263. The molecule has 0 aromatic heterocycles. The van der Waals surface area contributed by atoms with Gasteiger partial charge in [0.1, 0.15) is 5.75 Å². The summed E-state index contributed by atoms with van der Waals surface area (Å²) in [4.78, 5) is 23.0. The molecule has 2 aromatic rings. The molecule has 0 saturated carbocycles. The van der Waals surface area contributed by atoms with Gasteiger partial charge in [-0.15, -0.1) is 0 Å². The van der Waals surface area contributed by atoms with Gasteiger partial charge in [0.2, 0.25) is 5.91 Å². The molecule has 0 aliphatic rings. The average Bonchev–Trinajstić information content (AvgIpc) is 2.54. The Balaban J connectivity index is 1.98. The summed E-state index contributed by atoms with van der Waals surface area (Å²) in [7, 11) is 0. The van der Waals surface area contributed by atoms with E-state index in [-0.39, 0.29) is 5.91 Å². The maximum absolute atomic E-state index is 12.1. The van der Waals surface area contributed by atoms with Gasteiger partial charge >= 0.3 is 5.97 Å². The van der Waals surface area contributed by atoms with Crippen LogP contribution in [-0.2, 0) is 11.3 Å². The minimum atomic E-state index is -0.395. The second-order valence-corrected chi connectivity index (χ2v) is 5.72. The predicted molar refractivity (Wildman–Crippen MR) is 89.5 cm³/mol. The van der Waals surface area contributed by atoms with Crippen molar-refractivity contribution in [2.24, 2.45) is 0 Å². The lowest BCUT2D eigenvalue weighted by molar-refractivity contribution is -0.119. The third kappa shape index (κ3) is 4.95. The molecule has 2 rings (SSSR count). The van der Waals surface area contributed by atoms with Crippen molar-refractivity contribution < 1.29 is 14.3 Å². The first kappa shape index (κ1) is 16.7. The van der Waals surface area contributed by atoms with Gasteiger partial charge in [0.15, 0.2) is 0 Å². The molecule has 0 spiro atoms. The van der Waals surface area contributed by atoms with Crippen molar-refractivity contribution >= 4 is 11.9 Å². The summed E-state index contributed by atoms with van der Waals surface area (Å²) in [6.07, 6.45) is 0. The first-order chi connectivity index (χ1) is 11.0. The number of nitrogens with one attached hydrogen (secondary N) is 1. The van der Waals surface area contributed by atoms with Crippen LogP contribution in [0.4, 0.5) is 0 Å². The van der Waals surface area contributed by atoms with Crippen LogP contribution in [0.3, 0.4) is 0 Å². The van der Waals surface area contributed by atoms with Gasteiger partial charge < -0.3 is 10.1 Å². The SMILES string of the molecule is CC(=O)NCc1ccc(C(=O)Oc2ccc(C(C)C)cc2)cc1. The molecule has 0 aliphatic heterocycles. The van der Waals surface area contributed by atoms with Crippen LogP contribution in [0.15, 0.2) is 48.5 Å². The van der Waals surface area contributed by atoms with Crippen molar-refractivity contribution in [3.8, 4) is 5.75 Å². The Morgan fingerprint density at radius 2 is 1.61 bits per heavy atom. The maximum atomic E-state index is 12.1. The van der Waals surface area contributed by atoms with Gasteiger partial charge in [0.25, 0.3) is 0 Å². The molecule has 0 unspecified atom stereocenters. The Bertz CT molecular complexity index is 673. The van der Waals surface area contributed by atoms with Crippen LogP contribution in [0.5, 0.6) is 5.75 Å². The van der Waals surface area contributed by atoms with E-state index < -0.39 is 5.97 Å². The Morgan fingerprint density at radius 3 is 2.13 bits per heavy atom. The second kappa shape index (κ2) is 7.58. The molecular formula is C19H21NO3. The lowest BCUT2D eigenvalue weighted by Gasteiger charge is -2.08. The van der Waals surface area contributed by atoms with Crippen LogP contribution >= 0.6 is 0 Å². The molecule has 0 heterocycles. The number of esters is 1. The van der Waals surface area contributed by atoms with Crippen LogP contribution in [0.2, 0.25) is 0 Å². The van der Waals surface area contributed by atoms with Crippen molar-refractivity contribution in [2.45, 2.75) is 33.2 Å². The summed E-state index contributed by atoms with van der Waals surface area (Å²) in [6.45, 7) is 6.14. The first-order valence-corrected chi connectivity index (χ1v) is 7.61. The van der Waals surface area contributed by atoms with Crippen molar-refractivity contribution in [2.75, 3.05) is 0 Å². The van der Waals surface area contributed by atoms with Crippen LogP contribution in [0.25, 0.3) is 0 Å². The number of ether oxygens (including phenoxy) is 1. The molecule has 4 heteroatoms. The molecule has 2 aromatic carbocycles. The van der Waals surface area contributed by atoms with Gasteiger partial charge in [0, 0.05) is 13.5 Å². The quantitative estimate of drug-likeness (QED) is 0.677. The number of benzene rings is 2. The minimum Gasteiger partial charge on any atom is -0.423 e. The summed E-state index contributed by atoms with van der Waals surface area (Å²) in [5, 5.41) is 2.71. The van der Waals surface area contributed by atoms with Gasteiger partial charge in [-0.1, -0.05) is 38.1 Å². The van der Waals surface area contributed by atoms with E-state index in [2.05, 4.69) is 19.2 Å². The lowest BCUT2D eigenvalue weighted by atomic mass is 10.0. The highest BCUT2D eigenvalue weighted by molar-refractivity contribution is 5.91. The number of hydrogen-bond acceptors (Lipinski definition) is 3. The smallest absolute Gasteiger partial charge is 0.343 e. The molecule has 0 atom stereocenters. The molecule has 0 aliphatic carbocycles. The highest BCUT2D eigenvalue weighted by Crippen LogP contribution is 2.19.